The van der Waals surface area contributed by atoms with Crippen LogP contribution in [0.4, 0.5) is 11.4 Å². The van der Waals surface area contributed by atoms with Gasteiger partial charge in [-0.15, -0.1) is 11.8 Å². The largest absolute Gasteiger partial charge is 0.497 e. The van der Waals surface area contributed by atoms with E-state index in [-0.39, 0.29) is 12.3 Å². The van der Waals surface area contributed by atoms with E-state index in [0.29, 0.717) is 11.4 Å². The summed E-state index contributed by atoms with van der Waals surface area (Å²) in [6.45, 7) is 1.48. The second-order valence-electron chi connectivity index (χ2n) is 6.15. The normalized spacial score (nSPS) is 16.4. The topological polar surface area (TPSA) is 93.7 Å². The number of ether oxygens (including phenoxy) is 2. The number of thioether (sulfide) groups is 1. The van der Waals surface area contributed by atoms with E-state index in [2.05, 4.69) is 10.6 Å². The molecule has 0 radical (unpaired) electrons. The van der Waals surface area contributed by atoms with Crippen LogP contribution in [0.5, 0.6) is 5.75 Å². The molecular formula is C20H20N2O5S. The third kappa shape index (κ3) is 4.83. The minimum absolute atomic E-state index is 0.123. The fraction of sp³-hybridized carbons (Fsp3) is 0.250. The van der Waals surface area contributed by atoms with Gasteiger partial charge in [0.25, 0.3) is 5.91 Å². The van der Waals surface area contributed by atoms with Gasteiger partial charge < -0.3 is 20.1 Å². The quantitative estimate of drug-likeness (QED) is 0.724. The predicted molar refractivity (Wildman–Crippen MR) is 107 cm³/mol. The van der Waals surface area contributed by atoms with Gasteiger partial charge >= 0.3 is 5.97 Å². The van der Waals surface area contributed by atoms with E-state index >= 15 is 0 Å². The Labute approximate surface area is 166 Å². The number of methoxy groups -OCH3 is 1. The minimum Gasteiger partial charge on any atom is -0.497 e. The van der Waals surface area contributed by atoms with Gasteiger partial charge in [0.1, 0.15) is 5.75 Å². The van der Waals surface area contributed by atoms with E-state index in [1.807, 2.05) is 18.2 Å². The maximum absolute atomic E-state index is 12.3. The lowest BCUT2D eigenvalue weighted by Crippen LogP contribution is -2.34. The lowest BCUT2D eigenvalue weighted by atomic mass is 10.2. The first-order chi connectivity index (χ1) is 13.5. The summed E-state index contributed by atoms with van der Waals surface area (Å²) >= 11 is 1.31. The maximum Gasteiger partial charge on any atom is 0.308 e. The van der Waals surface area contributed by atoms with Crippen LogP contribution in [-0.2, 0) is 19.1 Å². The summed E-state index contributed by atoms with van der Waals surface area (Å²) in [5.74, 6) is -0.731. The summed E-state index contributed by atoms with van der Waals surface area (Å²) in [5, 5.41) is 4.84. The summed E-state index contributed by atoms with van der Waals surface area (Å²) in [6.07, 6.45) is -1.12. The van der Waals surface area contributed by atoms with Gasteiger partial charge in [0, 0.05) is 16.6 Å². The first-order valence-corrected chi connectivity index (χ1v) is 9.55. The van der Waals surface area contributed by atoms with Crippen molar-refractivity contribution in [1.82, 2.24) is 0 Å². The van der Waals surface area contributed by atoms with Crippen molar-refractivity contribution < 1.29 is 23.9 Å². The van der Waals surface area contributed by atoms with Crippen LogP contribution in [-0.4, -0.2) is 36.2 Å². The number of nitrogens with one attached hydrogen (secondary N) is 2. The molecule has 0 unspecified atom stereocenters. The third-order valence-corrected chi connectivity index (χ3v) is 5.35. The standard InChI is InChI=1S/C20H20N2O5S/c1-12(19(24)21-13-6-5-7-14(10-13)26-2)27-18(23)11-17-20(25)22-15-8-3-4-9-16(15)28-17/h3-10,12,17H,11H2,1-2H3,(H,21,24)(H,22,25)/t12-,17+/m0/s1. The maximum atomic E-state index is 12.3. The Morgan fingerprint density at radius 2 is 2.00 bits per heavy atom. The molecule has 2 N–H and O–H groups in total. The van der Waals surface area contributed by atoms with Crippen LogP contribution >= 0.6 is 11.8 Å². The number of carbonyl (C=O) groups excluding carboxylic acids is 3. The second kappa shape index (κ2) is 8.79. The fourth-order valence-electron chi connectivity index (χ4n) is 2.62. The highest BCUT2D eigenvalue weighted by Crippen LogP contribution is 2.36. The van der Waals surface area contributed by atoms with Crippen molar-refractivity contribution in [1.29, 1.82) is 0 Å². The number of para-hydroxylation sites is 1. The molecule has 1 aliphatic heterocycles. The summed E-state index contributed by atoms with van der Waals surface area (Å²) in [6, 6.07) is 14.2. The molecule has 0 aliphatic carbocycles. The SMILES string of the molecule is COc1cccc(NC(=O)[C@H](C)OC(=O)C[C@H]2Sc3ccccc3NC2=O)c1. The Kier molecular flexibility index (Phi) is 6.20. The zero-order valence-electron chi connectivity index (χ0n) is 15.4. The number of carbonyl (C=O) groups is 3. The summed E-state index contributed by atoms with van der Waals surface area (Å²) < 4.78 is 10.3. The smallest absolute Gasteiger partial charge is 0.308 e. The van der Waals surface area contributed by atoms with Crippen LogP contribution in [0.1, 0.15) is 13.3 Å². The van der Waals surface area contributed by atoms with Gasteiger partial charge in [-0.25, -0.2) is 0 Å². The van der Waals surface area contributed by atoms with Crippen molar-refractivity contribution in [2.24, 2.45) is 0 Å². The van der Waals surface area contributed by atoms with Gasteiger partial charge in [0.05, 0.1) is 24.5 Å². The molecule has 0 saturated heterocycles. The van der Waals surface area contributed by atoms with E-state index in [1.54, 1.807) is 30.3 Å². The molecule has 1 aliphatic rings. The van der Waals surface area contributed by atoms with E-state index < -0.39 is 23.2 Å². The highest BCUT2D eigenvalue weighted by molar-refractivity contribution is 8.01. The average Bonchev–Trinajstić information content (AvgIpc) is 2.68. The summed E-state index contributed by atoms with van der Waals surface area (Å²) in [7, 11) is 1.53. The molecule has 7 nitrogen and oxygen atoms in total. The summed E-state index contributed by atoms with van der Waals surface area (Å²) in [4.78, 5) is 37.6. The molecule has 0 fully saturated rings. The Morgan fingerprint density at radius 3 is 2.79 bits per heavy atom. The second-order valence-corrected chi connectivity index (χ2v) is 7.39. The Bertz CT molecular complexity index is 902. The molecule has 146 valence electrons. The van der Waals surface area contributed by atoms with E-state index in [4.69, 9.17) is 9.47 Å². The number of rotatable bonds is 6. The molecule has 2 aromatic carbocycles. The van der Waals surface area contributed by atoms with Crippen LogP contribution in [0, 0.1) is 0 Å². The number of benzene rings is 2. The molecule has 2 amide bonds. The van der Waals surface area contributed by atoms with Crippen molar-refractivity contribution in [3.05, 3.63) is 48.5 Å². The van der Waals surface area contributed by atoms with Crippen LogP contribution in [0.2, 0.25) is 0 Å². The molecule has 2 aromatic rings. The molecule has 0 saturated carbocycles. The number of anilines is 2. The van der Waals surface area contributed by atoms with Crippen LogP contribution in [0.25, 0.3) is 0 Å². The zero-order chi connectivity index (χ0) is 20.1. The molecule has 2 atom stereocenters. The molecule has 1 heterocycles. The van der Waals surface area contributed by atoms with Crippen LogP contribution in [0.3, 0.4) is 0 Å². The van der Waals surface area contributed by atoms with Gasteiger partial charge in [-0.05, 0) is 31.2 Å². The van der Waals surface area contributed by atoms with Crippen molar-refractivity contribution in [3.63, 3.8) is 0 Å². The Morgan fingerprint density at radius 1 is 1.21 bits per heavy atom. The molecule has 0 aromatic heterocycles. The van der Waals surface area contributed by atoms with Gasteiger partial charge in [-0.3, -0.25) is 14.4 Å². The minimum atomic E-state index is -0.998. The van der Waals surface area contributed by atoms with Crippen molar-refractivity contribution in [2.75, 3.05) is 17.7 Å². The van der Waals surface area contributed by atoms with Crippen LogP contribution in [0.15, 0.2) is 53.4 Å². The highest BCUT2D eigenvalue weighted by atomic mass is 32.2. The number of hydrogen-bond donors (Lipinski definition) is 2. The first-order valence-electron chi connectivity index (χ1n) is 8.67. The molecule has 0 spiro atoms. The fourth-order valence-corrected chi connectivity index (χ4v) is 3.72. The molecule has 8 heteroatoms. The molecular weight excluding hydrogens is 380 g/mol. The predicted octanol–water partition coefficient (Wildman–Crippen LogP) is 3.07. The highest BCUT2D eigenvalue weighted by Gasteiger charge is 2.30. The number of hydrogen-bond acceptors (Lipinski definition) is 6. The van der Waals surface area contributed by atoms with Crippen molar-refractivity contribution in [3.8, 4) is 5.75 Å². The monoisotopic (exact) mass is 400 g/mol. The van der Waals surface area contributed by atoms with E-state index in [0.717, 1.165) is 10.6 Å². The zero-order valence-corrected chi connectivity index (χ0v) is 16.2. The van der Waals surface area contributed by atoms with Crippen molar-refractivity contribution >= 4 is 40.9 Å². The third-order valence-electron chi connectivity index (χ3n) is 4.07. The first kappa shape index (κ1) is 19.8. The molecule has 3 rings (SSSR count). The average molecular weight is 400 g/mol. The van der Waals surface area contributed by atoms with E-state index in [1.165, 1.54) is 25.8 Å². The number of amides is 2. The number of esters is 1. The van der Waals surface area contributed by atoms with E-state index in [9.17, 15) is 14.4 Å². The van der Waals surface area contributed by atoms with Crippen molar-refractivity contribution in [2.45, 2.75) is 29.6 Å². The number of fused-ring (bicyclic) bond motifs is 1. The molecule has 28 heavy (non-hydrogen) atoms. The van der Waals surface area contributed by atoms with Gasteiger partial charge in [0.15, 0.2) is 6.10 Å². The lowest BCUT2D eigenvalue weighted by molar-refractivity contribution is -0.153. The van der Waals surface area contributed by atoms with Crippen LogP contribution < -0.4 is 15.4 Å². The lowest BCUT2D eigenvalue weighted by Gasteiger charge is -2.23. The molecule has 0 bridgehead atoms. The Hall–Kier alpha value is -3.00. The van der Waals surface area contributed by atoms with Gasteiger partial charge in [-0.1, -0.05) is 18.2 Å². The Balaban J connectivity index is 1.54. The summed E-state index contributed by atoms with van der Waals surface area (Å²) in [5.41, 5.74) is 1.26. The van der Waals surface area contributed by atoms with Gasteiger partial charge in [0.2, 0.25) is 5.91 Å². The van der Waals surface area contributed by atoms with Gasteiger partial charge in [-0.2, -0.15) is 0 Å².